The number of hydrogen-bond donors (Lipinski definition) is 1. The third kappa shape index (κ3) is 3.46. The highest BCUT2D eigenvalue weighted by Crippen LogP contribution is 2.68. The second-order valence-corrected chi connectivity index (χ2v) is 10.6. The van der Waals surface area contributed by atoms with E-state index in [1.807, 2.05) is 19.9 Å². The van der Waals surface area contributed by atoms with Crippen LogP contribution in [0.3, 0.4) is 0 Å². The molecule has 2 fully saturated rings. The van der Waals surface area contributed by atoms with E-state index < -0.39 is 40.8 Å². The van der Waals surface area contributed by atoms with Gasteiger partial charge < -0.3 is 14.6 Å². The Kier molecular flexibility index (Phi) is 6.18. The number of aliphatic hydroxyl groups excluding tert-OH is 1. The lowest BCUT2D eigenvalue weighted by molar-refractivity contribution is -0.184. The molecule has 0 spiro atoms. The lowest BCUT2D eigenvalue weighted by atomic mass is 9.48. The predicted molar refractivity (Wildman–Crippen MR) is 128 cm³/mol. The number of aliphatic hydroxyl groups is 1. The SMILES string of the molecule is C=C1C[C@H]2[C@@H]3C=CC4=CC(=O)C=C(O)[C@]4(C)[C@H]3CC[C@]2(C)[C@]1(OC(=O)CC)C(=O)COC(=O)CC. The summed E-state index contributed by atoms with van der Waals surface area (Å²) in [6, 6.07) is 0. The van der Waals surface area contributed by atoms with Gasteiger partial charge in [0.2, 0.25) is 5.78 Å². The molecule has 35 heavy (non-hydrogen) atoms. The Morgan fingerprint density at radius 3 is 2.46 bits per heavy atom. The topological polar surface area (TPSA) is 107 Å². The minimum atomic E-state index is -1.59. The smallest absolute Gasteiger partial charge is 0.306 e. The van der Waals surface area contributed by atoms with E-state index in [-0.39, 0.29) is 42.1 Å². The van der Waals surface area contributed by atoms with Crippen molar-refractivity contribution in [1.82, 2.24) is 0 Å². The van der Waals surface area contributed by atoms with Crippen LogP contribution in [0.5, 0.6) is 0 Å². The molecule has 0 heterocycles. The molecule has 188 valence electrons. The van der Waals surface area contributed by atoms with Gasteiger partial charge in [0.25, 0.3) is 0 Å². The van der Waals surface area contributed by atoms with Crippen molar-refractivity contribution in [3.8, 4) is 0 Å². The van der Waals surface area contributed by atoms with Crippen LogP contribution >= 0.6 is 0 Å². The molecule has 0 saturated heterocycles. The first-order valence-electron chi connectivity index (χ1n) is 12.4. The van der Waals surface area contributed by atoms with Crippen LogP contribution in [0.2, 0.25) is 0 Å². The van der Waals surface area contributed by atoms with Gasteiger partial charge in [0, 0.05) is 24.3 Å². The molecule has 7 heteroatoms. The summed E-state index contributed by atoms with van der Waals surface area (Å²) in [5, 5.41) is 10.9. The zero-order valence-corrected chi connectivity index (χ0v) is 20.9. The quantitative estimate of drug-likeness (QED) is 0.443. The molecule has 0 aromatic heterocycles. The van der Waals surface area contributed by atoms with Gasteiger partial charge in [0.1, 0.15) is 5.76 Å². The number of hydrogen-bond acceptors (Lipinski definition) is 7. The zero-order chi connectivity index (χ0) is 25.8. The standard InChI is InChI=1S/C28H34O7/c1-6-24(32)34-15-23(31)28(35-25(33)7-2)16(3)12-21-19-9-8-17-13-18(29)14-22(30)27(17,5)20(19)10-11-26(21,28)4/h8-9,13-14,19-21,30H,3,6-7,10-12,15H2,1-2,4-5H3/t19-,20+,21+,26+,27+,28-/m1/s1. The number of Topliss-reactive ketones (excluding diaryl/α,β-unsaturated/α-hetero) is 1. The van der Waals surface area contributed by atoms with Gasteiger partial charge in [0.15, 0.2) is 18.0 Å². The Balaban J connectivity index is 1.77. The second-order valence-electron chi connectivity index (χ2n) is 10.6. The molecule has 0 aliphatic heterocycles. The third-order valence-corrected chi connectivity index (χ3v) is 9.04. The van der Waals surface area contributed by atoms with Crippen LogP contribution in [-0.2, 0) is 28.7 Å². The Labute approximate surface area is 205 Å². The second kappa shape index (κ2) is 8.61. The summed E-state index contributed by atoms with van der Waals surface area (Å²) in [4.78, 5) is 50.2. The van der Waals surface area contributed by atoms with E-state index in [4.69, 9.17) is 9.47 Å². The van der Waals surface area contributed by atoms with Crippen molar-refractivity contribution >= 4 is 23.5 Å². The molecule has 4 rings (SSSR count). The third-order valence-electron chi connectivity index (χ3n) is 9.04. The van der Waals surface area contributed by atoms with Crippen molar-refractivity contribution in [3.05, 3.63) is 47.8 Å². The van der Waals surface area contributed by atoms with Gasteiger partial charge in [0.05, 0.1) is 5.41 Å². The number of carbonyl (C=O) groups is 4. The molecule has 0 radical (unpaired) electrons. The highest BCUT2D eigenvalue weighted by atomic mass is 16.6. The van der Waals surface area contributed by atoms with E-state index in [1.165, 1.54) is 6.08 Å². The maximum Gasteiger partial charge on any atom is 0.306 e. The Bertz CT molecular complexity index is 1090. The maximum atomic E-state index is 13.7. The first-order chi connectivity index (χ1) is 16.4. The number of carbonyl (C=O) groups excluding carboxylic acids is 4. The number of ketones is 2. The van der Waals surface area contributed by atoms with E-state index in [1.54, 1.807) is 19.9 Å². The summed E-state index contributed by atoms with van der Waals surface area (Å²) in [6.07, 6.45) is 8.72. The molecule has 2 saturated carbocycles. The van der Waals surface area contributed by atoms with Gasteiger partial charge in [-0.2, -0.15) is 0 Å². The average Bonchev–Trinajstić information content (AvgIpc) is 3.05. The molecule has 0 aromatic rings. The summed E-state index contributed by atoms with van der Waals surface area (Å²) in [5.41, 5.74) is -1.76. The highest BCUT2D eigenvalue weighted by molar-refractivity contribution is 6.02. The molecular formula is C28H34O7. The first-order valence-corrected chi connectivity index (χ1v) is 12.4. The number of esters is 2. The summed E-state index contributed by atoms with van der Waals surface area (Å²) in [7, 11) is 0. The minimum Gasteiger partial charge on any atom is -0.511 e. The summed E-state index contributed by atoms with van der Waals surface area (Å²) >= 11 is 0. The van der Waals surface area contributed by atoms with Crippen molar-refractivity contribution in [2.45, 2.75) is 65.4 Å². The molecule has 0 bridgehead atoms. The predicted octanol–water partition coefficient (Wildman–Crippen LogP) is 4.34. The van der Waals surface area contributed by atoms with Crippen LogP contribution in [0.25, 0.3) is 0 Å². The van der Waals surface area contributed by atoms with Crippen LogP contribution in [0, 0.1) is 28.6 Å². The van der Waals surface area contributed by atoms with Gasteiger partial charge in [-0.05, 0) is 61.2 Å². The molecule has 4 aliphatic rings. The molecule has 7 nitrogen and oxygen atoms in total. The Morgan fingerprint density at radius 1 is 1.11 bits per heavy atom. The van der Waals surface area contributed by atoms with Crippen LogP contribution in [0.4, 0.5) is 0 Å². The maximum absolute atomic E-state index is 13.7. The van der Waals surface area contributed by atoms with Crippen molar-refractivity contribution in [2.24, 2.45) is 28.6 Å². The lowest BCUT2D eigenvalue weighted by Gasteiger charge is -2.56. The molecule has 0 aromatic carbocycles. The van der Waals surface area contributed by atoms with Gasteiger partial charge in [-0.3, -0.25) is 19.2 Å². The van der Waals surface area contributed by atoms with Gasteiger partial charge in [-0.25, -0.2) is 0 Å². The monoisotopic (exact) mass is 482 g/mol. The van der Waals surface area contributed by atoms with Crippen LogP contribution < -0.4 is 0 Å². The fourth-order valence-corrected chi connectivity index (χ4v) is 7.06. The van der Waals surface area contributed by atoms with Gasteiger partial charge in [-0.1, -0.05) is 39.5 Å². The van der Waals surface area contributed by atoms with Crippen molar-refractivity contribution in [1.29, 1.82) is 0 Å². The first kappa shape index (κ1) is 25.1. The molecule has 0 amide bonds. The summed E-state index contributed by atoms with van der Waals surface area (Å²) in [5.74, 6) is -1.77. The minimum absolute atomic E-state index is 0.000303. The molecular weight excluding hydrogens is 448 g/mol. The van der Waals surface area contributed by atoms with Crippen LogP contribution in [-0.4, -0.2) is 40.8 Å². The fraction of sp³-hybridized carbons (Fsp3) is 0.571. The van der Waals surface area contributed by atoms with Gasteiger partial charge in [-0.15, -0.1) is 0 Å². The zero-order valence-electron chi connectivity index (χ0n) is 20.9. The lowest BCUT2D eigenvalue weighted by Crippen LogP contribution is -2.60. The van der Waals surface area contributed by atoms with Gasteiger partial charge >= 0.3 is 11.9 Å². The molecule has 0 unspecified atom stereocenters. The van der Waals surface area contributed by atoms with Crippen molar-refractivity contribution < 1.29 is 33.8 Å². The van der Waals surface area contributed by atoms with E-state index >= 15 is 0 Å². The number of ether oxygens (including phenoxy) is 2. The Morgan fingerprint density at radius 2 is 1.80 bits per heavy atom. The van der Waals surface area contributed by atoms with E-state index in [2.05, 4.69) is 12.7 Å². The highest BCUT2D eigenvalue weighted by Gasteiger charge is 2.70. The number of rotatable bonds is 6. The summed E-state index contributed by atoms with van der Waals surface area (Å²) < 4.78 is 11.2. The fourth-order valence-electron chi connectivity index (χ4n) is 7.06. The molecule has 6 atom stereocenters. The molecule has 1 N–H and O–H groups in total. The Hall–Kier alpha value is -2.96. The van der Waals surface area contributed by atoms with Crippen molar-refractivity contribution in [3.63, 3.8) is 0 Å². The summed E-state index contributed by atoms with van der Waals surface area (Å²) in [6.45, 7) is 11.0. The average molecular weight is 483 g/mol. The van der Waals surface area contributed by atoms with Crippen LogP contribution in [0.1, 0.15) is 59.8 Å². The largest absolute Gasteiger partial charge is 0.511 e. The van der Waals surface area contributed by atoms with Crippen molar-refractivity contribution in [2.75, 3.05) is 6.61 Å². The number of fused-ring (bicyclic) bond motifs is 5. The molecule has 4 aliphatic carbocycles. The van der Waals surface area contributed by atoms with Crippen LogP contribution in [0.15, 0.2) is 47.8 Å². The van der Waals surface area contributed by atoms with E-state index in [0.717, 1.165) is 5.57 Å². The van der Waals surface area contributed by atoms with E-state index in [9.17, 15) is 24.3 Å². The van der Waals surface area contributed by atoms with E-state index in [0.29, 0.717) is 24.8 Å². The number of allylic oxidation sites excluding steroid dienone is 5. The normalized spacial score (nSPS) is 37.4.